The molecule has 1 saturated heterocycles. The number of aliphatic imine (C=N–C) groups is 1. The minimum Gasteiger partial charge on any atom is -0.481 e. The predicted octanol–water partition coefficient (Wildman–Crippen LogP) is -3.66. The molecular weight excluding hydrogens is 610 g/mol. The summed E-state index contributed by atoms with van der Waals surface area (Å²) in [5.74, 6) is -7.10. The summed E-state index contributed by atoms with van der Waals surface area (Å²) in [7, 11) is 0. The van der Waals surface area contributed by atoms with Gasteiger partial charge in [0.1, 0.15) is 24.2 Å². The molecule has 0 aromatic carbocycles. The van der Waals surface area contributed by atoms with Crippen molar-refractivity contribution >= 4 is 53.3 Å². The third-order valence-electron chi connectivity index (χ3n) is 6.71. The first kappa shape index (κ1) is 39.1. The van der Waals surface area contributed by atoms with E-state index in [1.54, 1.807) is 13.8 Å². The quantitative estimate of drug-likeness (QED) is 0.0370. The van der Waals surface area contributed by atoms with Crippen molar-refractivity contribution in [1.82, 2.24) is 31.5 Å². The van der Waals surface area contributed by atoms with E-state index >= 15 is 0 Å². The predicted molar refractivity (Wildman–Crippen MR) is 161 cm³/mol. The molecule has 4 atom stereocenters. The lowest BCUT2D eigenvalue weighted by Gasteiger charge is -2.26. The largest absolute Gasteiger partial charge is 0.481 e. The van der Waals surface area contributed by atoms with Gasteiger partial charge in [0.05, 0.1) is 19.5 Å². The highest BCUT2D eigenvalue weighted by Crippen LogP contribution is 2.18. The number of carboxylic acids is 2. The number of nitrogens with zero attached hydrogens (tertiary/aromatic N) is 2. The first-order valence-electron chi connectivity index (χ1n) is 14.7. The van der Waals surface area contributed by atoms with E-state index in [0.717, 1.165) is 6.92 Å². The number of nitrogens with two attached hydrogens (primary N) is 2. The first-order valence-corrected chi connectivity index (χ1v) is 14.7. The van der Waals surface area contributed by atoms with Gasteiger partial charge in [-0.3, -0.25) is 38.6 Å². The van der Waals surface area contributed by atoms with Crippen LogP contribution in [0.2, 0.25) is 0 Å². The summed E-state index contributed by atoms with van der Waals surface area (Å²) in [6.07, 6.45) is 0.541. The Hall–Kier alpha value is -4.97. The lowest BCUT2D eigenvalue weighted by molar-refractivity contribution is -0.144. The van der Waals surface area contributed by atoms with Crippen molar-refractivity contribution < 1.29 is 48.6 Å². The van der Waals surface area contributed by atoms with Gasteiger partial charge in [-0.05, 0) is 38.0 Å². The summed E-state index contributed by atoms with van der Waals surface area (Å²) in [4.78, 5) is 103. The van der Waals surface area contributed by atoms with E-state index in [-0.39, 0.29) is 44.2 Å². The fourth-order valence-corrected chi connectivity index (χ4v) is 4.60. The molecule has 258 valence electrons. The molecule has 0 aromatic heterocycles. The number of amides is 6. The molecule has 0 spiro atoms. The number of likely N-dealkylation sites (tertiary alicyclic amines) is 1. The Morgan fingerprint density at radius 1 is 0.891 bits per heavy atom. The molecule has 11 N–H and O–H groups in total. The Balaban J connectivity index is 2.69. The van der Waals surface area contributed by atoms with Crippen molar-refractivity contribution in [3.8, 4) is 0 Å². The van der Waals surface area contributed by atoms with Crippen LogP contribution in [-0.4, -0.2) is 119 Å². The Bertz CT molecular complexity index is 1160. The van der Waals surface area contributed by atoms with E-state index in [2.05, 4.69) is 31.6 Å². The molecular formula is C27H45N9O10. The summed E-state index contributed by atoms with van der Waals surface area (Å²) >= 11 is 0. The van der Waals surface area contributed by atoms with Gasteiger partial charge in [0.25, 0.3) is 0 Å². The molecule has 0 saturated carbocycles. The zero-order valence-corrected chi connectivity index (χ0v) is 26.2. The van der Waals surface area contributed by atoms with E-state index in [4.69, 9.17) is 16.6 Å². The van der Waals surface area contributed by atoms with Crippen LogP contribution in [0.4, 0.5) is 0 Å². The average molecular weight is 656 g/mol. The Labute approximate surface area is 265 Å². The van der Waals surface area contributed by atoms with Gasteiger partial charge in [0.2, 0.25) is 35.4 Å². The molecule has 46 heavy (non-hydrogen) atoms. The maximum Gasteiger partial charge on any atom is 0.326 e. The molecule has 0 unspecified atom stereocenters. The molecule has 1 aliphatic rings. The van der Waals surface area contributed by atoms with Gasteiger partial charge in [-0.1, -0.05) is 13.8 Å². The van der Waals surface area contributed by atoms with Crippen LogP contribution in [-0.2, 0) is 38.4 Å². The van der Waals surface area contributed by atoms with Crippen molar-refractivity contribution in [2.24, 2.45) is 22.4 Å². The third kappa shape index (κ3) is 14.7. The van der Waals surface area contributed by atoms with Gasteiger partial charge in [0.15, 0.2) is 5.96 Å². The van der Waals surface area contributed by atoms with E-state index in [0.29, 0.717) is 12.8 Å². The molecule has 1 rings (SSSR count). The number of guanidine groups is 1. The molecule has 6 amide bonds. The highest BCUT2D eigenvalue weighted by atomic mass is 16.4. The number of rotatable bonds is 19. The van der Waals surface area contributed by atoms with Crippen LogP contribution in [0.3, 0.4) is 0 Å². The number of aliphatic carboxylic acids is 2. The number of carboxylic acid groups (broad SMARTS) is 2. The SMILES string of the molecule is CC(=O)N[C@@H](CC(=O)O)C(=O)N[C@@H](CC(C)C)C(=O)NCC(=O)NCC(=O)N1CCC[C@H]1C(=O)N[C@@H](CCCN=C(N)N)C(=O)O. The minimum atomic E-state index is -1.42. The van der Waals surface area contributed by atoms with Crippen molar-refractivity contribution in [3.05, 3.63) is 0 Å². The number of carbonyl (C=O) groups excluding carboxylic acids is 6. The topological polar surface area (TPSA) is 305 Å². The first-order chi connectivity index (χ1) is 21.5. The van der Waals surface area contributed by atoms with Gasteiger partial charge in [-0.25, -0.2) is 4.79 Å². The Morgan fingerprint density at radius 3 is 2.13 bits per heavy atom. The van der Waals surface area contributed by atoms with Crippen LogP contribution >= 0.6 is 0 Å². The van der Waals surface area contributed by atoms with Gasteiger partial charge in [-0.15, -0.1) is 0 Å². The maximum atomic E-state index is 12.8. The van der Waals surface area contributed by atoms with Gasteiger partial charge in [-0.2, -0.15) is 0 Å². The summed E-state index contributed by atoms with van der Waals surface area (Å²) in [6, 6.07) is -4.74. The lowest BCUT2D eigenvalue weighted by Crippen LogP contribution is -2.55. The van der Waals surface area contributed by atoms with Gasteiger partial charge >= 0.3 is 11.9 Å². The Morgan fingerprint density at radius 2 is 1.57 bits per heavy atom. The summed E-state index contributed by atoms with van der Waals surface area (Å²) in [5, 5.41) is 30.3. The smallest absolute Gasteiger partial charge is 0.326 e. The number of nitrogens with one attached hydrogen (secondary N) is 5. The van der Waals surface area contributed by atoms with Crippen molar-refractivity contribution in [2.45, 2.75) is 83.5 Å². The Kier molecular flexibility index (Phi) is 16.5. The van der Waals surface area contributed by atoms with Crippen LogP contribution in [0.25, 0.3) is 0 Å². The summed E-state index contributed by atoms with van der Waals surface area (Å²) < 4.78 is 0. The molecule has 1 aliphatic heterocycles. The van der Waals surface area contributed by atoms with Crippen molar-refractivity contribution in [1.29, 1.82) is 0 Å². The fraction of sp³-hybridized carbons (Fsp3) is 0.667. The van der Waals surface area contributed by atoms with Crippen LogP contribution in [0.15, 0.2) is 4.99 Å². The second kappa shape index (κ2) is 19.4. The van der Waals surface area contributed by atoms with Crippen LogP contribution in [0.5, 0.6) is 0 Å². The molecule has 19 heteroatoms. The zero-order chi connectivity index (χ0) is 35.0. The van der Waals surface area contributed by atoms with Crippen molar-refractivity contribution in [2.75, 3.05) is 26.2 Å². The van der Waals surface area contributed by atoms with E-state index in [9.17, 15) is 43.5 Å². The normalized spacial score (nSPS) is 15.9. The molecule has 0 aromatic rings. The molecule has 1 heterocycles. The minimum absolute atomic E-state index is 0.0558. The highest BCUT2D eigenvalue weighted by molar-refractivity contribution is 5.95. The second-order valence-corrected chi connectivity index (χ2v) is 11.1. The summed E-state index contributed by atoms with van der Waals surface area (Å²) in [6.45, 7) is 3.98. The molecule has 19 nitrogen and oxygen atoms in total. The van der Waals surface area contributed by atoms with E-state index in [1.165, 1.54) is 4.90 Å². The van der Waals surface area contributed by atoms with Crippen LogP contribution in [0.1, 0.15) is 59.3 Å². The highest BCUT2D eigenvalue weighted by Gasteiger charge is 2.36. The summed E-state index contributed by atoms with van der Waals surface area (Å²) in [5.41, 5.74) is 10.5. The fourth-order valence-electron chi connectivity index (χ4n) is 4.60. The zero-order valence-electron chi connectivity index (χ0n) is 26.2. The number of hydrogen-bond donors (Lipinski definition) is 9. The molecule has 0 radical (unpaired) electrons. The standard InChI is InChI=1S/C27H45N9O10/c1-14(2)10-17(35-24(43)18(11-22(40)41)33-15(3)37)23(42)32-12-20(38)31-13-21(39)36-9-5-7-19(36)25(44)34-16(26(45)46)6-4-8-30-27(28)29/h14,16-19H,4-13H2,1-3H3,(H,31,38)(H,32,42)(H,33,37)(H,34,44)(H,35,43)(H,40,41)(H,45,46)(H4,28,29,30)/t16-,17-,18-,19-/m0/s1. The van der Waals surface area contributed by atoms with Crippen LogP contribution in [0, 0.1) is 5.92 Å². The lowest BCUT2D eigenvalue weighted by atomic mass is 10.0. The number of carbonyl (C=O) groups is 8. The van der Waals surface area contributed by atoms with E-state index < -0.39 is 91.1 Å². The van der Waals surface area contributed by atoms with Crippen LogP contribution < -0.4 is 38.1 Å². The number of hydrogen-bond acceptors (Lipinski definition) is 9. The average Bonchev–Trinajstić information content (AvgIpc) is 3.44. The van der Waals surface area contributed by atoms with E-state index in [1.807, 2.05) is 0 Å². The third-order valence-corrected chi connectivity index (χ3v) is 6.71. The molecule has 0 aliphatic carbocycles. The molecule has 1 fully saturated rings. The van der Waals surface area contributed by atoms with Gasteiger partial charge in [0, 0.05) is 20.0 Å². The van der Waals surface area contributed by atoms with Gasteiger partial charge < -0.3 is 53.2 Å². The monoisotopic (exact) mass is 655 g/mol. The maximum absolute atomic E-state index is 12.8. The molecule has 0 bridgehead atoms. The second-order valence-electron chi connectivity index (χ2n) is 11.1. The van der Waals surface area contributed by atoms with Crippen molar-refractivity contribution in [3.63, 3.8) is 0 Å².